The number of amides is 4. The second kappa shape index (κ2) is 18.1. The molecule has 8 rings (SSSR count). The van der Waals surface area contributed by atoms with Crippen LogP contribution in [0.25, 0.3) is 33.6 Å². The number of halogens is 4. The molecule has 4 aliphatic rings. The summed E-state index contributed by atoms with van der Waals surface area (Å²) in [5, 5.41) is 5.48. The molecule has 20 heteroatoms. The number of H-pyrrole nitrogens is 2. The molecule has 0 unspecified atom stereocenters. The van der Waals surface area contributed by atoms with Gasteiger partial charge in [0.05, 0.1) is 50.8 Å². The molecule has 2 aromatic heterocycles. The van der Waals surface area contributed by atoms with Crippen LogP contribution >= 0.6 is 23.2 Å². The van der Waals surface area contributed by atoms with Crippen molar-refractivity contribution in [3.8, 4) is 45.1 Å². The lowest BCUT2D eigenvalue weighted by molar-refractivity contribution is -0.136. The number of carbonyl (C=O) groups excluding carboxylic acids is 4. The number of likely N-dealkylation sites (tertiary alicyclic amines) is 2. The molecule has 16 nitrogen and oxygen atoms in total. The van der Waals surface area contributed by atoms with Crippen molar-refractivity contribution in [3.05, 3.63) is 57.3 Å². The molecule has 4 aliphatic heterocycles. The fourth-order valence-electron chi connectivity index (χ4n) is 9.08. The Hall–Kier alpha value is -5.62. The van der Waals surface area contributed by atoms with Gasteiger partial charge in [0, 0.05) is 46.2 Å². The number of nitrogens with one attached hydrogen (secondary N) is 4. The number of aromatic nitrogens is 4. The highest BCUT2D eigenvalue weighted by molar-refractivity contribution is 6.32. The van der Waals surface area contributed by atoms with Crippen molar-refractivity contribution in [2.24, 2.45) is 11.8 Å². The molecule has 0 saturated carbocycles. The third-order valence-corrected chi connectivity index (χ3v) is 13.4. The molecule has 2 fully saturated rings. The minimum absolute atomic E-state index is 0.00865. The van der Waals surface area contributed by atoms with Crippen LogP contribution in [0.15, 0.2) is 24.3 Å². The number of rotatable bonds is 12. The van der Waals surface area contributed by atoms with Gasteiger partial charge in [-0.3, -0.25) is 9.59 Å². The van der Waals surface area contributed by atoms with E-state index in [9.17, 15) is 19.2 Å². The molecule has 2 saturated heterocycles. The lowest BCUT2D eigenvalue weighted by Gasteiger charge is -2.31. The van der Waals surface area contributed by atoms with Crippen LogP contribution in [-0.4, -0.2) is 105 Å². The summed E-state index contributed by atoms with van der Waals surface area (Å²) in [5.41, 5.74) is 5.52. The molecule has 0 spiro atoms. The fourth-order valence-corrected chi connectivity index (χ4v) is 9.57. The Labute approximate surface area is 378 Å². The Bertz CT molecular complexity index is 2270. The van der Waals surface area contributed by atoms with Crippen LogP contribution in [0, 0.1) is 11.8 Å². The van der Waals surface area contributed by atoms with Gasteiger partial charge in [-0.25, -0.2) is 28.3 Å². The molecule has 64 heavy (non-hydrogen) atoms. The number of alkyl halides is 2. The molecular formula is C44H50Cl2F2N8O8. The van der Waals surface area contributed by atoms with Crippen LogP contribution in [0.3, 0.4) is 0 Å². The van der Waals surface area contributed by atoms with Crippen LogP contribution < -0.4 is 20.1 Å². The summed E-state index contributed by atoms with van der Waals surface area (Å²) in [6, 6.07) is 4.13. The zero-order valence-electron chi connectivity index (χ0n) is 36.2. The maximum atomic E-state index is 15.1. The van der Waals surface area contributed by atoms with Gasteiger partial charge in [-0.05, 0) is 36.1 Å². The first kappa shape index (κ1) is 45.0. The Morgan fingerprint density at radius 2 is 1.12 bits per heavy atom. The summed E-state index contributed by atoms with van der Waals surface area (Å²) >= 11 is 13.5. The van der Waals surface area contributed by atoms with Crippen LogP contribution in [0.4, 0.5) is 18.4 Å². The number of carbonyl (C=O) groups is 4. The van der Waals surface area contributed by atoms with Gasteiger partial charge in [-0.2, -0.15) is 0 Å². The van der Waals surface area contributed by atoms with Crippen molar-refractivity contribution >= 4 is 47.2 Å². The Balaban J connectivity index is 1.06. The minimum Gasteiger partial charge on any atom is -0.488 e. The van der Waals surface area contributed by atoms with E-state index in [1.807, 2.05) is 52.0 Å². The first-order chi connectivity index (χ1) is 30.6. The van der Waals surface area contributed by atoms with Gasteiger partial charge in [0.2, 0.25) is 11.8 Å². The monoisotopic (exact) mass is 926 g/mol. The smallest absolute Gasteiger partial charge is 0.407 e. The van der Waals surface area contributed by atoms with E-state index in [1.54, 1.807) is 0 Å². The quantitative estimate of drug-likeness (QED) is 0.108. The van der Waals surface area contributed by atoms with Crippen molar-refractivity contribution in [3.63, 3.8) is 0 Å². The standard InChI is InChI=1S/C44H50Cl2F2N8O8/c1-7-19(3)33(51-43(59)61-5)41(57)55-15-25(47)13-27(55)39-49-35(37(45)53-39)21-9-23-17-64-30-12-22(10-24-18-63-29(11-21)31(23)32(24)30)36-38(46)54-40(50-36)28-14-26(48)16-56(28)42(58)34(20(4)8-2)52-44(60)62-6/h9-12,19-20,25-28,33-34H,7-8,13-18H2,1-6H3,(H,49,53)(H,50,54)(H,51,59)(H,52,60)/t19-,20-,25-,26-,27-,28-,33-,34-/m0/s1. The molecular weight excluding hydrogens is 877 g/mol. The first-order valence-electron chi connectivity index (χ1n) is 21.3. The molecule has 4 N–H and O–H groups in total. The van der Waals surface area contributed by atoms with Gasteiger partial charge in [0.15, 0.2) is 10.3 Å². The van der Waals surface area contributed by atoms with Crippen molar-refractivity contribution in [1.29, 1.82) is 0 Å². The highest BCUT2D eigenvalue weighted by atomic mass is 35.5. The summed E-state index contributed by atoms with van der Waals surface area (Å²) < 4.78 is 52.4. The van der Waals surface area contributed by atoms with E-state index in [1.165, 1.54) is 24.0 Å². The normalized spacial score (nSPS) is 21.5. The zero-order valence-corrected chi connectivity index (χ0v) is 37.7. The highest BCUT2D eigenvalue weighted by Gasteiger charge is 2.44. The second-order valence-corrected chi connectivity index (χ2v) is 17.6. The number of hydrogen-bond acceptors (Lipinski definition) is 10. The number of alkyl carbamates (subject to hydrolysis) is 2. The van der Waals surface area contributed by atoms with Gasteiger partial charge in [-0.15, -0.1) is 0 Å². The van der Waals surface area contributed by atoms with E-state index in [0.717, 1.165) is 22.3 Å². The molecule has 4 amide bonds. The number of aromatic amines is 2. The van der Waals surface area contributed by atoms with E-state index in [-0.39, 0.29) is 61.3 Å². The van der Waals surface area contributed by atoms with Crippen LogP contribution in [-0.2, 0) is 32.3 Å². The fraction of sp³-hybridized carbons (Fsp3) is 0.500. The molecule has 2 aromatic carbocycles. The third-order valence-electron chi connectivity index (χ3n) is 12.9. The molecule has 0 aliphatic carbocycles. The molecule has 4 aromatic rings. The van der Waals surface area contributed by atoms with Crippen LogP contribution in [0.5, 0.6) is 11.5 Å². The van der Waals surface area contributed by atoms with Crippen molar-refractivity contribution in [1.82, 2.24) is 40.4 Å². The number of imidazole rings is 2. The summed E-state index contributed by atoms with van der Waals surface area (Å²) in [7, 11) is 2.43. The average molecular weight is 928 g/mol. The topological polar surface area (TPSA) is 193 Å². The molecule has 8 atom stereocenters. The highest BCUT2D eigenvalue weighted by Crippen LogP contribution is 2.52. The Kier molecular flexibility index (Phi) is 12.7. The SMILES string of the molecule is CC[C@H](C)[C@H](NC(=O)OC)C(=O)N1C[C@@H](F)C[C@H]1c1nc(Cl)c(-c2cc3c4c(c2)OCc2cc(-c5[nH]c([C@@H]6C[C@H](F)CN6C(=O)[C@@H](NC(=O)OC)[C@@H](C)CC)nc5Cl)cc(c2-4)OC3)[nH]1. The van der Waals surface area contributed by atoms with Gasteiger partial charge in [0.1, 0.15) is 60.8 Å². The predicted octanol–water partition coefficient (Wildman–Crippen LogP) is 7.99. The summed E-state index contributed by atoms with van der Waals surface area (Å²) in [4.78, 5) is 70.5. The van der Waals surface area contributed by atoms with E-state index in [4.69, 9.17) is 42.1 Å². The zero-order chi connectivity index (χ0) is 45.7. The Morgan fingerprint density at radius 1 is 0.734 bits per heavy atom. The number of benzene rings is 2. The number of methoxy groups -OCH3 is 2. The Morgan fingerprint density at radius 3 is 1.48 bits per heavy atom. The predicted molar refractivity (Wildman–Crippen MR) is 231 cm³/mol. The minimum atomic E-state index is -1.32. The summed E-state index contributed by atoms with van der Waals surface area (Å²) in [6.07, 6.45) is -3.00. The largest absolute Gasteiger partial charge is 0.488 e. The van der Waals surface area contributed by atoms with E-state index < -0.39 is 60.5 Å². The van der Waals surface area contributed by atoms with Crippen molar-refractivity contribution < 1.29 is 46.9 Å². The van der Waals surface area contributed by atoms with E-state index in [0.29, 0.717) is 58.5 Å². The number of nitrogens with zero attached hydrogens (tertiary/aromatic N) is 4. The molecule has 0 bridgehead atoms. The molecule has 0 radical (unpaired) electrons. The first-order valence-corrected chi connectivity index (χ1v) is 22.1. The second-order valence-electron chi connectivity index (χ2n) is 16.8. The van der Waals surface area contributed by atoms with E-state index >= 15 is 8.78 Å². The van der Waals surface area contributed by atoms with E-state index in [2.05, 4.69) is 30.6 Å². The maximum Gasteiger partial charge on any atom is 0.407 e. The number of hydrogen-bond donors (Lipinski definition) is 4. The lowest BCUT2D eigenvalue weighted by atomic mass is 9.87. The molecule has 6 heterocycles. The number of ether oxygens (including phenoxy) is 4. The van der Waals surface area contributed by atoms with Crippen molar-refractivity contribution in [2.75, 3.05) is 27.3 Å². The molecule has 342 valence electrons. The summed E-state index contributed by atoms with van der Waals surface area (Å²) in [5.74, 6) is 0.387. The average Bonchev–Trinajstić information content (AvgIpc) is 4.09. The van der Waals surface area contributed by atoms with Crippen molar-refractivity contribution in [2.45, 2.75) is 103 Å². The van der Waals surface area contributed by atoms with Gasteiger partial charge in [-0.1, -0.05) is 63.7 Å². The lowest BCUT2D eigenvalue weighted by Crippen LogP contribution is -2.51. The van der Waals surface area contributed by atoms with Crippen LogP contribution in [0.1, 0.15) is 88.2 Å². The maximum absolute atomic E-state index is 15.1. The third kappa shape index (κ3) is 8.30. The summed E-state index contributed by atoms with van der Waals surface area (Å²) in [6.45, 7) is 7.45. The van der Waals surface area contributed by atoms with Gasteiger partial charge < -0.3 is 49.3 Å². The van der Waals surface area contributed by atoms with Gasteiger partial charge >= 0.3 is 12.2 Å². The van der Waals surface area contributed by atoms with Crippen LogP contribution in [0.2, 0.25) is 10.3 Å². The van der Waals surface area contributed by atoms with Gasteiger partial charge in [0.25, 0.3) is 0 Å².